The number of aliphatic hydroxyl groups excluding tert-OH is 1. The van der Waals surface area contributed by atoms with Gasteiger partial charge < -0.3 is 9.84 Å². The summed E-state index contributed by atoms with van der Waals surface area (Å²) in [5.74, 6) is -1.46. The highest BCUT2D eigenvalue weighted by molar-refractivity contribution is 5.20. The first-order valence-electron chi connectivity index (χ1n) is 5.17. The Morgan fingerprint density at radius 1 is 1.25 bits per heavy atom. The maximum Gasteiger partial charge on any atom is 0.126 e. The summed E-state index contributed by atoms with van der Waals surface area (Å²) in [5, 5.41) is 9.88. The molecular formula is C12H16F2O2. The van der Waals surface area contributed by atoms with Crippen molar-refractivity contribution in [3.63, 3.8) is 0 Å². The Labute approximate surface area is 93.9 Å². The summed E-state index contributed by atoms with van der Waals surface area (Å²) < 4.78 is 30.7. The van der Waals surface area contributed by atoms with Gasteiger partial charge in [-0.05, 0) is 30.0 Å². The Morgan fingerprint density at radius 2 is 1.81 bits per heavy atom. The van der Waals surface area contributed by atoms with Crippen LogP contribution in [0.4, 0.5) is 8.78 Å². The molecule has 2 unspecified atom stereocenters. The molecule has 0 spiro atoms. The molecule has 0 aliphatic heterocycles. The Hall–Kier alpha value is -1.00. The third kappa shape index (κ3) is 3.54. The smallest absolute Gasteiger partial charge is 0.126 e. The fourth-order valence-corrected chi connectivity index (χ4v) is 1.54. The maximum atomic E-state index is 12.9. The van der Waals surface area contributed by atoms with Crippen LogP contribution in [0.2, 0.25) is 0 Å². The molecule has 90 valence electrons. The lowest BCUT2D eigenvalue weighted by Gasteiger charge is -2.18. The molecule has 2 nitrogen and oxygen atoms in total. The lowest BCUT2D eigenvalue weighted by atomic mass is 9.95. The molecule has 0 aromatic heterocycles. The zero-order valence-corrected chi connectivity index (χ0v) is 9.41. The first-order chi connectivity index (χ1) is 7.54. The van der Waals surface area contributed by atoms with Crippen LogP contribution >= 0.6 is 0 Å². The van der Waals surface area contributed by atoms with Gasteiger partial charge in [0.05, 0.1) is 6.10 Å². The molecule has 1 aromatic rings. The summed E-state index contributed by atoms with van der Waals surface area (Å²) in [5.41, 5.74) is 0.265. The van der Waals surface area contributed by atoms with Crippen molar-refractivity contribution >= 4 is 0 Å². The highest BCUT2D eigenvalue weighted by atomic mass is 19.1. The molecule has 0 radical (unpaired) electrons. The Kier molecular flexibility index (Phi) is 4.83. The van der Waals surface area contributed by atoms with Gasteiger partial charge >= 0.3 is 0 Å². The van der Waals surface area contributed by atoms with Crippen LogP contribution in [0.15, 0.2) is 18.2 Å². The Morgan fingerprint density at radius 3 is 2.31 bits per heavy atom. The minimum Gasteiger partial charge on any atom is -0.388 e. The van der Waals surface area contributed by atoms with Crippen molar-refractivity contribution in [1.82, 2.24) is 0 Å². The highest BCUT2D eigenvalue weighted by Crippen LogP contribution is 2.25. The number of hydrogen-bond acceptors (Lipinski definition) is 2. The van der Waals surface area contributed by atoms with Gasteiger partial charge in [-0.25, -0.2) is 8.78 Å². The van der Waals surface area contributed by atoms with E-state index in [4.69, 9.17) is 4.74 Å². The minimum atomic E-state index is -0.875. The summed E-state index contributed by atoms with van der Waals surface area (Å²) in [6, 6.07) is 3.09. The molecule has 16 heavy (non-hydrogen) atoms. The summed E-state index contributed by atoms with van der Waals surface area (Å²) in [6.07, 6.45) is -0.240. The highest BCUT2D eigenvalue weighted by Gasteiger charge is 2.17. The number of methoxy groups -OCH3 is 1. The van der Waals surface area contributed by atoms with Crippen molar-refractivity contribution in [2.75, 3.05) is 13.7 Å². The van der Waals surface area contributed by atoms with E-state index in [1.54, 1.807) is 7.11 Å². The fourth-order valence-electron chi connectivity index (χ4n) is 1.54. The van der Waals surface area contributed by atoms with Gasteiger partial charge in [0.2, 0.25) is 0 Å². The molecular weight excluding hydrogens is 214 g/mol. The second-order valence-corrected chi connectivity index (χ2v) is 3.91. The molecule has 1 aromatic carbocycles. The summed E-state index contributed by atoms with van der Waals surface area (Å²) in [4.78, 5) is 0. The molecule has 0 fully saturated rings. The zero-order chi connectivity index (χ0) is 12.1. The van der Waals surface area contributed by atoms with Gasteiger partial charge in [0, 0.05) is 19.8 Å². The van der Waals surface area contributed by atoms with Crippen LogP contribution in [0.1, 0.15) is 25.0 Å². The quantitative estimate of drug-likeness (QED) is 0.842. The number of aliphatic hydroxyl groups is 1. The van der Waals surface area contributed by atoms with Crippen molar-refractivity contribution in [1.29, 1.82) is 0 Å². The largest absolute Gasteiger partial charge is 0.388 e. The molecule has 0 amide bonds. The minimum absolute atomic E-state index is 0.110. The van der Waals surface area contributed by atoms with Crippen LogP contribution in [-0.4, -0.2) is 18.8 Å². The van der Waals surface area contributed by atoms with E-state index >= 15 is 0 Å². The van der Waals surface area contributed by atoms with Crippen molar-refractivity contribution in [3.05, 3.63) is 35.4 Å². The van der Waals surface area contributed by atoms with Crippen LogP contribution in [0.25, 0.3) is 0 Å². The second kappa shape index (κ2) is 5.92. The zero-order valence-electron chi connectivity index (χ0n) is 9.41. The van der Waals surface area contributed by atoms with Crippen molar-refractivity contribution in [2.45, 2.75) is 19.4 Å². The summed E-state index contributed by atoms with van der Waals surface area (Å²) >= 11 is 0. The molecule has 2 atom stereocenters. The molecule has 0 saturated heterocycles. The SMILES string of the molecule is COCCC(C)C(O)c1cc(F)cc(F)c1. The Bertz CT molecular complexity index is 322. The third-order valence-electron chi connectivity index (χ3n) is 2.54. The van der Waals surface area contributed by atoms with E-state index in [0.29, 0.717) is 13.0 Å². The van der Waals surface area contributed by atoms with Crippen LogP contribution in [0.5, 0.6) is 0 Å². The van der Waals surface area contributed by atoms with E-state index in [-0.39, 0.29) is 11.5 Å². The van der Waals surface area contributed by atoms with Gasteiger partial charge in [-0.1, -0.05) is 6.92 Å². The number of hydrogen-bond donors (Lipinski definition) is 1. The third-order valence-corrected chi connectivity index (χ3v) is 2.54. The lowest BCUT2D eigenvalue weighted by molar-refractivity contribution is 0.0881. The van der Waals surface area contributed by atoms with E-state index in [1.165, 1.54) is 0 Å². The van der Waals surface area contributed by atoms with Crippen LogP contribution in [-0.2, 0) is 4.74 Å². The normalized spacial score (nSPS) is 14.8. The van der Waals surface area contributed by atoms with Crippen LogP contribution < -0.4 is 0 Å². The topological polar surface area (TPSA) is 29.5 Å². The van der Waals surface area contributed by atoms with E-state index in [0.717, 1.165) is 18.2 Å². The molecule has 4 heteroatoms. The summed E-state index contributed by atoms with van der Waals surface area (Å²) in [7, 11) is 1.57. The number of benzene rings is 1. The molecule has 0 heterocycles. The predicted molar refractivity (Wildman–Crippen MR) is 57.0 cm³/mol. The molecule has 1 rings (SSSR count). The summed E-state index contributed by atoms with van der Waals surface area (Å²) in [6.45, 7) is 2.32. The van der Waals surface area contributed by atoms with Crippen molar-refractivity contribution in [2.24, 2.45) is 5.92 Å². The van der Waals surface area contributed by atoms with Gasteiger partial charge in [0.1, 0.15) is 11.6 Å². The predicted octanol–water partition coefficient (Wildman–Crippen LogP) is 2.67. The molecule has 0 aliphatic rings. The van der Waals surface area contributed by atoms with E-state index in [9.17, 15) is 13.9 Å². The van der Waals surface area contributed by atoms with Crippen molar-refractivity contribution < 1.29 is 18.6 Å². The molecule has 0 saturated carbocycles. The lowest BCUT2D eigenvalue weighted by Crippen LogP contribution is -2.12. The van der Waals surface area contributed by atoms with Gasteiger partial charge in [-0.15, -0.1) is 0 Å². The van der Waals surface area contributed by atoms with E-state index in [1.807, 2.05) is 6.92 Å². The maximum absolute atomic E-state index is 12.9. The molecule has 0 aliphatic carbocycles. The van der Waals surface area contributed by atoms with Crippen LogP contribution in [0, 0.1) is 17.6 Å². The number of ether oxygens (including phenoxy) is 1. The monoisotopic (exact) mass is 230 g/mol. The molecule has 1 N–H and O–H groups in total. The van der Waals surface area contributed by atoms with Gasteiger partial charge in [-0.2, -0.15) is 0 Å². The molecule has 0 bridgehead atoms. The van der Waals surface area contributed by atoms with Gasteiger partial charge in [0.15, 0.2) is 0 Å². The van der Waals surface area contributed by atoms with Gasteiger partial charge in [0.25, 0.3) is 0 Å². The Balaban J connectivity index is 2.74. The average Bonchev–Trinajstić information content (AvgIpc) is 2.23. The first kappa shape index (κ1) is 13.1. The number of rotatable bonds is 5. The standard InChI is InChI=1S/C12H16F2O2/c1-8(3-4-16-2)12(15)9-5-10(13)7-11(14)6-9/h5-8,12,15H,3-4H2,1-2H3. The van der Waals surface area contributed by atoms with Crippen molar-refractivity contribution in [3.8, 4) is 0 Å². The average molecular weight is 230 g/mol. The fraction of sp³-hybridized carbons (Fsp3) is 0.500. The number of halogens is 2. The van der Waals surface area contributed by atoms with Crippen LogP contribution in [0.3, 0.4) is 0 Å². The van der Waals surface area contributed by atoms with E-state index < -0.39 is 17.7 Å². The first-order valence-corrected chi connectivity index (χ1v) is 5.17. The van der Waals surface area contributed by atoms with Gasteiger partial charge in [-0.3, -0.25) is 0 Å². The second-order valence-electron chi connectivity index (χ2n) is 3.91. The van der Waals surface area contributed by atoms with E-state index in [2.05, 4.69) is 0 Å².